The largest absolute Gasteiger partial charge is 0.375 e. The Morgan fingerprint density at radius 2 is 2.05 bits per heavy atom. The van der Waals surface area contributed by atoms with Gasteiger partial charge in [0.25, 0.3) is 5.91 Å². The van der Waals surface area contributed by atoms with Gasteiger partial charge in [0.05, 0.1) is 16.4 Å². The predicted octanol–water partition coefficient (Wildman–Crippen LogP) is 3.30. The Balaban J connectivity index is 1.71. The van der Waals surface area contributed by atoms with Crippen molar-refractivity contribution in [3.63, 3.8) is 0 Å². The number of carbonyl (C=O) groups is 1. The number of thiazole rings is 1. The van der Waals surface area contributed by atoms with Crippen molar-refractivity contribution in [3.05, 3.63) is 58.6 Å². The number of benzene rings is 2. The first-order valence-electron chi connectivity index (χ1n) is 6.37. The van der Waals surface area contributed by atoms with E-state index in [1.165, 1.54) is 11.3 Å². The minimum Gasteiger partial charge on any atom is -0.375 e. The van der Waals surface area contributed by atoms with Gasteiger partial charge in [0.15, 0.2) is 5.13 Å². The third kappa shape index (κ3) is 3.24. The van der Waals surface area contributed by atoms with Crippen LogP contribution in [0.2, 0.25) is 5.02 Å². The van der Waals surface area contributed by atoms with E-state index in [0.717, 1.165) is 15.8 Å². The van der Waals surface area contributed by atoms with Gasteiger partial charge in [-0.05, 0) is 35.9 Å². The summed E-state index contributed by atoms with van der Waals surface area (Å²) in [7, 11) is 0. The van der Waals surface area contributed by atoms with Gasteiger partial charge in [-0.3, -0.25) is 4.79 Å². The van der Waals surface area contributed by atoms with Gasteiger partial charge in [-0.1, -0.05) is 35.1 Å². The number of hydrazone groups is 1. The number of amides is 1. The molecule has 1 heterocycles. The molecular formula is C15H11ClN4OS. The molecule has 0 unspecified atom stereocenters. The molecule has 0 aliphatic rings. The lowest BCUT2D eigenvalue weighted by molar-refractivity contribution is 0.0955. The van der Waals surface area contributed by atoms with Crippen molar-refractivity contribution in [2.75, 3.05) is 5.73 Å². The highest BCUT2D eigenvalue weighted by Gasteiger charge is 2.07. The number of hydrogen-bond acceptors (Lipinski definition) is 5. The maximum Gasteiger partial charge on any atom is 0.271 e. The minimum absolute atomic E-state index is 0.293. The second-order valence-electron chi connectivity index (χ2n) is 4.49. The molecule has 3 N–H and O–H groups in total. The van der Waals surface area contributed by atoms with Crippen LogP contribution in [0.5, 0.6) is 0 Å². The van der Waals surface area contributed by atoms with Crippen LogP contribution in [0.3, 0.4) is 0 Å². The Labute approximate surface area is 135 Å². The van der Waals surface area contributed by atoms with Crippen molar-refractivity contribution in [2.24, 2.45) is 5.10 Å². The summed E-state index contributed by atoms with van der Waals surface area (Å²) in [5, 5.41) is 5.06. The second kappa shape index (κ2) is 6.13. The van der Waals surface area contributed by atoms with Gasteiger partial charge in [0, 0.05) is 10.6 Å². The number of nitrogens with two attached hydrogens (primary N) is 1. The monoisotopic (exact) mass is 330 g/mol. The normalized spacial score (nSPS) is 11.1. The summed E-state index contributed by atoms with van der Waals surface area (Å²) in [6, 6.07) is 12.3. The number of nitrogens with zero attached hydrogens (tertiary/aromatic N) is 2. The van der Waals surface area contributed by atoms with Crippen molar-refractivity contribution in [3.8, 4) is 0 Å². The number of rotatable bonds is 3. The molecule has 0 aliphatic heterocycles. The highest BCUT2D eigenvalue weighted by Crippen LogP contribution is 2.24. The van der Waals surface area contributed by atoms with E-state index in [-0.39, 0.29) is 5.91 Å². The topological polar surface area (TPSA) is 80.4 Å². The zero-order valence-corrected chi connectivity index (χ0v) is 12.9. The van der Waals surface area contributed by atoms with E-state index in [0.29, 0.717) is 15.7 Å². The smallest absolute Gasteiger partial charge is 0.271 e. The number of fused-ring (bicyclic) bond motifs is 1. The number of anilines is 1. The molecule has 0 radical (unpaired) electrons. The Morgan fingerprint density at radius 3 is 2.82 bits per heavy atom. The Bertz CT molecular complexity index is 858. The number of aromatic nitrogens is 1. The van der Waals surface area contributed by atoms with Gasteiger partial charge in [-0.2, -0.15) is 5.10 Å². The van der Waals surface area contributed by atoms with Crippen LogP contribution >= 0.6 is 22.9 Å². The number of carbonyl (C=O) groups excluding carboxylic acids is 1. The summed E-state index contributed by atoms with van der Waals surface area (Å²) < 4.78 is 0.867. The van der Waals surface area contributed by atoms with Crippen LogP contribution in [0.1, 0.15) is 15.9 Å². The van der Waals surface area contributed by atoms with E-state index in [1.54, 1.807) is 36.5 Å². The van der Waals surface area contributed by atoms with E-state index >= 15 is 0 Å². The molecule has 5 nitrogen and oxygen atoms in total. The zero-order valence-electron chi connectivity index (χ0n) is 11.3. The van der Waals surface area contributed by atoms with E-state index in [9.17, 15) is 4.79 Å². The predicted molar refractivity (Wildman–Crippen MR) is 90.5 cm³/mol. The third-order valence-corrected chi connectivity index (χ3v) is 4.02. The minimum atomic E-state index is -0.293. The van der Waals surface area contributed by atoms with E-state index < -0.39 is 0 Å². The lowest BCUT2D eigenvalue weighted by atomic mass is 10.2. The fourth-order valence-corrected chi connectivity index (χ4v) is 2.76. The first-order valence-corrected chi connectivity index (χ1v) is 7.56. The Kier molecular flexibility index (Phi) is 4.04. The summed E-state index contributed by atoms with van der Waals surface area (Å²) in [6.07, 6.45) is 1.55. The SMILES string of the molecule is Nc1nc2ccc(C(=O)N/N=C/c3ccc(Cl)cc3)cc2s1. The molecule has 0 bridgehead atoms. The molecule has 0 spiro atoms. The van der Waals surface area contributed by atoms with Crippen molar-refractivity contribution in [2.45, 2.75) is 0 Å². The van der Waals surface area contributed by atoms with Gasteiger partial charge < -0.3 is 5.73 Å². The molecule has 7 heteroatoms. The van der Waals surface area contributed by atoms with Gasteiger partial charge in [0.1, 0.15) is 0 Å². The molecule has 3 aromatic rings. The molecule has 0 saturated heterocycles. The summed E-state index contributed by atoms with van der Waals surface area (Å²) in [6.45, 7) is 0. The zero-order chi connectivity index (χ0) is 15.5. The fraction of sp³-hybridized carbons (Fsp3) is 0. The molecule has 0 saturated carbocycles. The molecule has 0 atom stereocenters. The molecule has 0 fully saturated rings. The molecule has 1 aromatic heterocycles. The van der Waals surface area contributed by atoms with Crippen molar-refractivity contribution < 1.29 is 4.79 Å². The van der Waals surface area contributed by atoms with Gasteiger partial charge in [0.2, 0.25) is 0 Å². The lowest BCUT2D eigenvalue weighted by Gasteiger charge is -1.99. The first-order chi connectivity index (χ1) is 10.6. The molecule has 3 rings (SSSR count). The maximum atomic E-state index is 12.0. The standard InChI is InChI=1S/C15H11ClN4OS/c16-11-4-1-9(2-5-11)8-18-20-14(21)10-3-6-12-13(7-10)22-15(17)19-12/h1-8H,(H2,17,19)(H,20,21)/b18-8+. The van der Waals surface area contributed by atoms with E-state index in [4.69, 9.17) is 17.3 Å². The van der Waals surface area contributed by atoms with Crippen LogP contribution in [0.15, 0.2) is 47.6 Å². The van der Waals surface area contributed by atoms with Crippen LogP contribution in [0.25, 0.3) is 10.2 Å². The fourth-order valence-electron chi connectivity index (χ4n) is 1.86. The van der Waals surface area contributed by atoms with Gasteiger partial charge in [-0.25, -0.2) is 10.4 Å². The van der Waals surface area contributed by atoms with E-state index in [1.807, 2.05) is 12.1 Å². The number of nitrogen functional groups attached to an aromatic ring is 1. The third-order valence-electron chi connectivity index (χ3n) is 2.92. The maximum absolute atomic E-state index is 12.0. The van der Waals surface area contributed by atoms with Crippen molar-refractivity contribution in [1.29, 1.82) is 0 Å². The molecule has 22 heavy (non-hydrogen) atoms. The average Bonchev–Trinajstić information content (AvgIpc) is 2.88. The summed E-state index contributed by atoms with van der Waals surface area (Å²) >= 11 is 7.14. The van der Waals surface area contributed by atoms with E-state index in [2.05, 4.69) is 15.5 Å². The second-order valence-corrected chi connectivity index (χ2v) is 5.98. The van der Waals surface area contributed by atoms with Crippen molar-refractivity contribution >= 4 is 50.4 Å². The Hall–Kier alpha value is -2.44. The lowest BCUT2D eigenvalue weighted by Crippen LogP contribution is -2.17. The van der Waals surface area contributed by atoms with Crippen LogP contribution in [0, 0.1) is 0 Å². The van der Waals surface area contributed by atoms with Crippen LogP contribution < -0.4 is 11.2 Å². The Morgan fingerprint density at radius 1 is 1.27 bits per heavy atom. The van der Waals surface area contributed by atoms with Crippen molar-refractivity contribution in [1.82, 2.24) is 10.4 Å². The van der Waals surface area contributed by atoms with Gasteiger partial charge in [-0.15, -0.1) is 0 Å². The molecule has 2 aromatic carbocycles. The number of halogens is 1. The summed E-state index contributed by atoms with van der Waals surface area (Å²) in [5.74, 6) is -0.293. The van der Waals surface area contributed by atoms with Crippen LogP contribution in [-0.4, -0.2) is 17.1 Å². The molecule has 0 aliphatic carbocycles. The molecular weight excluding hydrogens is 320 g/mol. The highest BCUT2D eigenvalue weighted by molar-refractivity contribution is 7.22. The highest BCUT2D eigenvalue weighted by atomic mass is 35.5. The number of hydrogen-bond donors (Lipinski definition) is 2. The summed E-state index contributed by atoms with van der Waals surface area (Å²) in [4.78, 5) is 16.2. The number of nitrogens with one attached hydrogen (secondary N) is 1. The molecule has 110 valence electrons. The molecule has 1 amide bonds. The van der Waals surface area contributed by atoms with Crippen LogP contribution in [-0.2, 0) is 0 Å². The summed E-state index contributed by atoms with van der Waals surface area (Å²) in [5.41, 5.74) is 10.3. The average molecular weight is 331 g/mol. The van der Waals surface area contributed by atoms with Gasteiger partial charge >= 0.3 is 0 Å². The quantitative estimate of drug-likeness (QED) is 0.571. The van der Waals surface area contributed by atoms with Crippen LogP contribution in [0.4, 0.5) is 5.13 Å². The first kappa shape index (κ1) is 14.5.